The van der Waals surface area contributed by atoms with E-state index in [9.17, 15) is 9.90 Å². The smallest absolute Gasteiger partial charge is 0.342 e. The van der Waals surface area contributed by atoms with Crippen LogP contribution in [0.15, 0.2) is 30.3 Å². The fourth-order valence-corrected chi connectivity index (χ4v) is 2.57. The minimum Gasteiger partial charge on any atom is -0.507 e. The number of methoxy groups -OCH3 is 1. The number of hydrogen-bond donors (Lipinski definition) is 1. The number of hydrogen-bond acceptors (Lipinski definition) is 6. The van der Waals surface area contributed by atoms with E-state index in [-0.39, 0.29) is 17.9 Å². The largest absolute Gasteiger partial charge is 0.507 e. The van der Waals surface area contributed by atoms with Crippen molar-refractivity contribution in [3.63, 3.8) is 0 Å². The Balaban J connectivity index is 1.71. The normalized spacial score (nSPS) is 12.6. The molecule has 2 aromatic carbocycles. The highest BCUT2D eigenvalue weighted by Crippen LogP contribution is 2.38. The molecule has 126 valence electrons. The lowest BCUT2D eigenvalue weighted by Crippen LogP contribution is -2.16. The Kier molecular flexibility index (Phi) is 4.66. The summed E-state index contributed by atoms with van der Waals surface area (Å²) in [6.07, 6.45) is 0. The predicted octanol–water partition coefficient (Wildman–Crippen LogP) is 3.18. The molecule has 7 heteroatoms. The molecule has 1 heterocycles. The van der Waals surface area contributed by atoms with Crippen LogP contribution in [0, 0.1) is 0 Å². The molecular weight excluding hydrogens is 336 g/mol. The summed E-state index contributed by atoms with van der Waals surface area (Å²) < 4.78 is 21.1. The molecule has 24 heavy (non-hydrogen) atoms. The predicted molar refractivity (Wildman–Crippen MR) is 86.2 cm³/mol. The van der Waals surface area contributed by atoms with Crippen LogP contribution < -0.4 is 14.2 Å². The van der Waals surface area contributed by atoms with Crippen molar-refractivity contribution in [1.29, 1.82) is 0 Å². The van der Waals surface area contributed by atoms with Gasteiger partial charge in [0.1, 0.15) is 36.9 Å². The van der Waals surface area contributed by atoms with E-state index >= 15 is 0 Å². The van der Waals surface area contributed by atoms with Gasteiger partial charge in [0.15, 0.2) is 11.5 Å². The molecule has 2 aromatic rings. The molecule has 0 saturated heterocycles. The van der Waals surface area contributed by atoms with Gasteiger partial charge in [-0.15, -0.1) is 0 Å². The summed E-state index contributed by atoms with van der Waals surface area (Å²) in [5, 5.41) is 10.2. The summed E-state index contributed by atoms with van der Waals surface area (Å²) in [4.78, 5) is 12.1. The maximum Gasteiger partial charge on any atom is 0.342 e. The number of ether oxygens (including phenoxy) is 4. The molecule has 0 amide bonds. The summed E-state index contributed by atoms with van der Waals surface area (Å²) in [5.74, 6) is 0.598. The monoisotopic (exact) mass is 350 g/mol. The Morgan fingerprint density at radius 3 is 2.79 bits per heavy atom. The number of fused-ring (bicyclic) bond motifs is 1. The van der Waals surface area contributed by atoms with Gasteiger partial charge in [-0.1, -0.05) is 11.6 Å². The quantitative estimate of drug-likeness (QED) is 0.854. The van der Waals surface area contributed by atoms with Crippen LogP contribution in [-0.4, -0.2) is 31.4 Å². The lowest BCUT2D eigenvalue weighted by atomic mass is 10.2. The zero-order valence-corrected chi connectivity index (χ0v) is 13.6. The molecule has 0 fully saturated rings. The third kappa shape index (κ3) is 3.33. The van der Waals surface area contributed by atoms with Gasteiger partial charge in [-0.25, -0.2) is 4.79 Å². The summed E-state index contributed by atoms with van der Waals surface area (Å²) in [6.45, 7) is 0.866. The highest BCUT2D eigenvalue weighted by atomic mass is 35.5. The van der Waals surface area contributed by atoms with E-state index in [4.69, 9.17) is 30.5 Å². The first-order chi connectivity index (χ1) is 11.6. The third-order valence-electron chi connectivity index (χ3n) is 3.45. The summed E-state index contributed by atoms with van der Waals surface area (Å²) in [6, 6.07) is 7.71. The molecule has 0 unspecified atom stereocenters. The molecule has 6 nitrogen and oxygen atoms in total. The van der Waals surface area contributed by atoms with Crippen LogP contribution in [0.5, 0.6) is 23.0 Å². The molecule has 0 aliphatic carbocycles. The first-order valence-electron chi connectivity index (χ1n) is 7.20. The lowest BCUT2D eigenvalue weighted by molar-refractivity contribution is 0.0468. The molecule has 0 aromatic heterocycles. The Morgan fingerprint density at radius 1 is 1.25 bits per heavy atom. The van der Waals surface area contributed by atoms with Gasteiger partial charge in [0, 0.05) is 6.07 Å². The maximum atomic E-state index is 12.1. The molecule has 1 aliphatic rings. The van der Waals surface area contributed by atoms with E-state index in [1.165, 1.54) is 19.2 Å². The Hall–Kier alpha value is -2.60. The van der Waals surface area contributed by atoms with Crippen molar-refractivity contribution in [2.45, 2.75) is 6.61 Å². The molecule has 3 rings (SSSR count). The second kappa shape index (κ2) is 6.88. The van der Waals surface area contributed by atoms with Crippen LogP contribution in [0.25, 0.3) is 0 Å². The van der Waals surface area contributed by atoms with Crippen molar-refractivity contribution < 1.29 is 28.8 Å². The zero-order chi connectivity index (χ0) is 17.1. The van der Waals surface area contributed by atoms with Crippen LogP contribution >= 0.6 is 11.6 Å². The molecule has 0 radical (unpaired) electrons. The van der Waals surface area contributed by atoms with Gasteiger partial charge in [-0.2, -0.15) is 0 Å². The van der Waals surface area contributed by atoms with Crippen molar-refractivity contribution in [2.24, 2.45) is 0 Å². The third-order valence-corrected chi connectivity index (χ3v) is 3.73. The lowest BCUT2D eigenvalue weighted by Gasteiger charge is -2.20. The average molecular weight is 351 g/mol. The number of phenols is 1. The first-order valence-corrected chi connectivity index (χ1v) is 7.58. The fraction of sp³-hybridized carbons (Fsp3) is 0.235. The Bertz CT molecular complexity index is 774. The van der Waals surface area contributed by atoms with E-state index in [1.807, 2.05) is 0 Å². The van der Waals surface area contributed by atoms with Gasteiger partial charge in [0.05, 0.1) is 12.1 Å². The van der Waals surface area contributed by atoms with E-state index in [1.54, 1.807) is 18.2 Å². The number of esters is 1. The van der Waals surface area contributed by atoms with Crippen LogP contribution in [0.2, 0.25) is 5.02 Å². The molecule has 0 spiro atoms. The SMILES string of the molecule is COc1ccc(C(=O)OCc2cc(Cl)c3c(c2)OCCO3)c(O)c1. The number of phenolic OH excluding ortho intramolecular Hbond substituents is 1. The number of carbonyl (C=O) groups excluding carboxylic acids is 1. The molecule has 0 saturated carbocycles. The molecule has 1 N–H and O–H groups in total. The maximum absolute atomic E-state index is 12.1. The van der Waals surface area contributed by atoms with E-state index < -0.39 is 5.97 Å². The molecule has 0 atom stereocenters. The number of rotatable bonds is 4. The highest BCUT2D eigenvalue weighted by molar-refractivity contribution is 6.32. The number of benzene rings is 2. The fourth-order valence-electron chi connectivity index (χ4n) is 2.29. The van der Waals surface area contributed by atoms with Crippen molar-refractivity contribution in [3.05, 3.63) is 46.5 Å². The minimum absolute atomic E-state index is 0.0132. The van der Waals surface area contributed by atoms with Crippen LogP contribution in [0.1, 0.15) is 15.9 Å². The van der Waals surface area contributed by atoms with Gasteiger partial charge in [-0.05, 0) is 29.8 Å². The minimum atomic E-state index is -0.652. The van der Waals surface area contributed by atoms with Crippen LogP contribution in [0.3, 0.4) is 0 Å². The standard InChI is InChI=1S/C17H15ClO6/c1-21-11-2-3-12(14(19)8-11)17(20)24-9-10-6-13(18)16-15(7-10)22-4-5-23-16/h2-3,6-8,19H,4-5,9H2,1H3. The molecule has 1 aliphatic heterocycles. The van der Waals surface area contributed by atoms with E-state index in [0.717, 1.165) is 0 Å². The van der Waals surface area contributed by atoms with Crippen LogP contribution in [0.4, 0.5) is 0 Å². The summed E-state index contributed by atoms with van der Waals surface area (Å²) in [5.41, 5.74) is 0.713. The number of aromatic hydroxyl groups is 1. The van der Waals surface area contributed by atoms with Gasteiger partial charge >= 0.3 is 5.97 Å². The van der Waals surface area contributed by atoms with Crippen molar-refractivity contribution in [3.8, 4) is 23.0 Å². The average Bonchev–Trinajstić information content (AvgIpc) is 2.59. The highest BCUT2D eigenvalue weighted by Gasteiger charge is 2.18. The molecule has 0 bridgehead atoms. The van der Waals surface area contributed by atoms with Gasteiger partial charge in [-0.3, -0.25) is 0 Å². The Morgan fingerprint density at radius 2 is 2.04 bits per heavy atom. The van der Waals surface area contributed by atoms with Crippen LogP contribution in [-0.2, 0) is 11.3 Å². The topological polar surface area (TPSA) is 74.2 Å². The van der Waals surface area contributed by atoms with Gasteiger partial charge in [0.2, 0.25) is 0 Å². The van der Waals surface area contributed by atoms with Crippen molar-refractivity contribution in [2.75, 3.05) is 20.3 Å². The van der Waals surface area contributed by atoms with E-state index in [2.05, 4.69) is 0 Å². The van der Waals surface area contributed by atoms with Gasteiger partial charge in [0.25, 0.3) is 0 Å². The van der Waals surface area contributed by atoms with Crippen molar-refractivity contribution in [1.82, 2.24) is 0 Å². The molecular formula is C17H15ClO6. The second-order valence-electron chi connectivity index (χ2n) is 5.06. The van der Waals surface area contributed by atoms with E-state index in [0.29, 0.717) is 41.0 Å². The Labute approximate surface area is 143 Å². The zero-order valence-electron chi connectivity index (χ0n) is 12.9. The number of halogens is 1. The second-order valence-corrected chi connectivity index (χ2v) is 5.47. The number of carbonyl (C=O) groups is 1. The van der Waals surface area contributed by atoms with Crippen molar-refractivity contribution >= 4 is 17.6 Å². The summed E-state index contributed by atoms with van der Waals surface area (Å²) in [7, 11) is 1.47. The summed E-state index contributed by atoms with van der Waals surface area (Å²) >= 11 is 6.14. The van der Waals surface area contributed by atoms with Gasteiger partial charge < -0.3 is 24.1 Å². The first kappa shape index (κ1) is 16.3.